The van der Waals surface area contributed by atoms with E-state index in [9.17, 15) is 14.4 Å². The average molecular weight is 229 g/mol. The smallest absolute Gasteiger partial charge is 0.333 e. The maximum Gasteiger partial charge on any atom is 0.333 e. The van der Waals surface area contributed by atoms with Crippen molar-refractivity contribution in [2.24, 2.45) is 0 Å². The van der Waals surface area contributed by atoms with Crippen LogP contribution in [0.3, 0.4) is 0 Å². The first-order valence-corrected chi connectivity index (χ1v) is 4.74. The number of nitrogens with one attached hydrogen (secondary N) is 1. The standard InChI is InChI=1S/C10H15NO5/c1-7(2)10(15)16-6-5-11-8(12)3-4-9(13)14/h1,3-6H2,2H3,(H,11,12)(H,13,14). The number of ether oxygens (including phenoxy) is 1. The van der Waals surface area contributed by atoms with Gasteiger partial charge in [0.25, 0.3) is 0 Å². The molecule has 0 aromatic carbocycles. The molecule has 16 heavy (non-hydrogen) atoms. The second kappa shape index (κ2) is 7.44. The maximum absolute atomic E-state index is 11.0. The van der Waals surface area contributed by atoms with E-state index in [-0.39, 0.29) is 37.5 Å². The van der Waals surface area contributed by atoms with E-state index in [0.29, 0.717) is 0 Å². The van der Waals surface area contributed by atoms with Gasteiger partial charge < -0.3 is 15.2 Å². The molecule has 6 nitrogen and oxygen atoms in total. The van der Waals surface area contributed by atoms with E-state index >= 15 is 0 Å². The van der Waals surface area contributed by atoms with Crippen molar-refractivity contribution < 1.29 is 24.2 Å². The topological polar surface area (TPSA) is 92.7 Å². The number of aliphatic carboxylic acids is 1. The Morgan fingerprint density at radius 1 is 1.31 bits per heavy atom. The van der Waals surface area contributed by atoms with Gasteiger partial charge >= 0.3 is 11.9 Å². The summed E-state index contributed by atoms with van der Waals surface area (Å²) in [5.41, 5.74) is 0.289. The quantitative estimate of drug-likeness (QED) is 0.366. The summed E-state index contributed by atoms with van der Waals surface area (Å²) in [6, 6.07) is 0. The Kier molecular flexibility index (Phi) is 6.58. The minimum atomic E-state index is -1.02. The van der Waals surface area contributed by atoms with Crippen LogP contribution in [0.15, 0.2) is 12.2 Å². The highest BCUT2D eigenvalue weighted by molar-refractivity contribution is 5.87. The fraction of sp³-hybridized carbons (Fsp3) is 0.500. The van der Waals surface area contributed by atoms with Crippen LogP contribution >= 0.6 is 0 Å². The molecule has 90 valence electrons. The van der Waals surface area contributed by atoms with E-state index in [4.69, 9.17) is 9.84 Å². The van der Waals surface area contributed by atoms with Crippen LogP contribution in [0.2, 0.25) is 0 Å². The predicted molar refractivity (Wildman–Crippen MR) is 55.7 cm³/mol. The first kappa shape index (κ1) is 14.2. The Morgan fingerprint density at radius 2 is 1.94 bits per heavy atom. The molecule has 1 amide bonds. The molecule has 0 unspecified atom stereocenters. The van der Waals surface area contributed by atoms with Crippen LogP contribution in [0.25, 0.3) is 0 Å². The van der Waals surface area contributed by atoms with Gasteiger partial charge in [0, 0.05) is 12.0 Å². The Morgan fingerprint density at radius 3 is 2.44 bits per heavy atom. The highest BCUT2D eigenvalue weighted by Crippen LogP contribution is 1.91. The summed E-state index contributed by atoms with van der Waals surface area (Å²) in [7, 11) is 0. The molecule has 6 heteroatoms. The molecule has 0 heterocycles. The van der Waals surface area contributed by atoms with E-state index in [1.807, 2.05) is 0 Å². The SMILES string of the molecule is C=C(C)C(=O)OCCNC(=O)CCC(=O)O. The number of carboxylic acids is 1. The second-order valence-corrected chi connectivity index (χ2v) is 3.16. The van der Waals surface area contributed by atoms with Crippen LogP contribution in [0.1, 0.15) is 19.8 Å². The molecule has 0 aromatic rings. The molecule has 0 aliphatic carbocycles. The van der Waals surface area contributed by atoms with Crippen molar-refractivity contribution in [1.29, 1.82) is 0 Å². The van der Waals surface area contributed by atoms with Crippen molar-refractivity contribution in [1.82, 2.24) is 5.32 Å². The lowest BCUT2D eigenvalue weighted by Gasteiger charge is -2.05. The lowest BCUT2D eigenvalue weighted by molar-refractivity contribution is -0.139. The van der Waals surface area contributed by atoms with E-state index in [2.05, 4.69) is 11.9 Å². The van der Waals surface area contributed by atoms with E-state index in [0.717, 1.165) is 0 Å². The van der Waals surface area contributed by atoms with Crippen molar-refractivity contribution in [3.05, 3.63) is 12.2 Å². The lowest BCUT2D eigenvalue weighted by Crippen LogP contribution is -2.28. The Bertz CT molecular complexity index is 298. The van der Waals surface area contributed by atoms with Crippen molar-refractivity contribution in [3.63, 3.8) is 0 Å². The van der Waals surface area contributed by atoms with Gasteiger partial charge in [-0.3, -0.25) is 9.59 Å². The Balaban J connectivity index is 3.52. The van der Waals surface area contributed by atoms with Crippen LogP contribution < -0.4 is 5.32 Å². The summed E-state index contributed by atoms with van der Waals surface area (Å²) in [6.45, 7) is 5.12. The third-order valence-electron chi connectivity index (χ3n) is 1.57. The van der Waals surface area contributed by atoms with Crippen LogP contribution in [0.4, 0.5) is 0 Å². The van der Waals surface area contributed by atoms with E-state index < -0.39 is 11.9 Å². The zero-order valence-corrected chi connectivity index (χ0v) is 9.12. The third-order valence-corrected chi connectivity index (χ3v) is 1.57. The second-order valence-electron chi connectivity index (χ2n) is 3.16. The van der Waals surface area contributed by atoms with Crippen molar-refractivity contribution >= 4 is 17.8 Å². The number of amides is 1. The molecule has 0 saturated heterocycles. The normalized spacial score (nSPS) is 9.31. The molecule has 0 fully saturated rings. The van der Waals surface area contributed by atoms with E-state index in [1.54, 1.807) is 0 Å². The van der Waals surface area contributed by atoms with Gasteiger partial charge in [0.1, 0.15) is 6.61 Å². The molecule has 0 rings (SSSR count). The number of carbonyl (C=O) groups is 3. The highest BCUT2D eigenvalue weighted by atomic mass is 16.5. The number of hydrogen-bond donors (Lipinski definition) is 2. The van der Waals surface area contributed by atoms with Crippen molar-refractivity contribution in [2.75, 3.05) is 13.2 Å². The number of rotatable bonds is 7. The van der Waals surface area contributed by atoms with Gasteiger partial charge in [-0.15, -0.1) is 0 Å². The zero-order valence-electron chi connectivity index (χ0n) is 9.12. The Labute approximate surface area is 93.3 Å². The zero-order chi connectivity index (χ0) is 12.6. The van der Waals surface area contributed by atoms with Crippen molar-refractivity contribution in [3.8, 4) is 0 Å². The number of hydrogen-bond acceptors (Lipinski definition) is 4. The predicted octanol–water partition coefficient (Wildman–Crippen LogP) is 0.0867. The van der Waals surface area contributed by atoms with Gasteiger partial charge in [-0.25, -0.2) is 4.79 Å². The molecular formula is C10H15NO5. The molecule has 2 N–H and O–H groups in total. The van der Waals surface area contributed by atoms with Crippen molar-refractivity contribution in [2.45, 2.75) is 19.8 Å². The number of esters is 1. The highest BCUT2D eigenvalue weighted by Gasteiger charge is 2.05. The summed E-state index contributed by atoms with van der Waals surface area (Å²) < 4.78 is 4.71. The summed E-state index contributed by atoms with van der Waals surface area (Å²) >= 11 is 0. The van der Waals surface area contributed by atoms with Crippen LogP contribution in [-0.2, 0) is 19.1 Å². The summed E-state index contributed by atoms with van der Waals surface area (Å²) in [5, 5.41) is 10.7. The minimum absolute atomic E-state index is 0.0461. The largest absolute Gasteiger partial charge is 0.481 e. The summed E-state index contributed by atoms with van der Waals surface area (Å²) in [5.74, 6) is -1.92. The van der Waals surface area contributed by atoms with Gasteiger partial charge in [-0.1, -0.05) is 6.58 Å². The molecule has 0 aliphatic rings. The van der Waals surface area contributed by atoms with Crippen LogP contribution in [-0.4, -0.2) is 36.1 Å². The first-order valence-electron chi connectivity index (χ1n) is 4.74. The average Bonchev–Trinajstić information content (AvgIpc) is 2.20. The van der Waals surface area contributed by atoms with Gasteiger partial charge in [0.15, 0.2) is 0 Å². The minimum Gasteiger partial charge on any atom is -0.481 e. The van der Waals surface area contributed by atoms with Gasteiger partial charge in [0.2, 0.25) is 5.91 Å². The fourth-order valence-corrected chi connectivity index (χ4v) is 0.766. The first-order chi connectivity index (χ1) is 7.43. The Hall–Kier alpha value is -1.85. The molecule has 0 radical (unpaired) electrons. The third kappa shape index (κ3) is 7.54. The number of carbonyl (C=O) groups excluding carboxylic acids is 2. The summed E-state index contributed by atoms with van der Waals surface area (Å²) in [4.78, 5) is 32.0. The maximum atomic E-state index is 11.0. The van der Waals surface area contributed by atoms with Gasteiger partial charge in [0.05, 0.1) is 13.0 Å². The fourth-order valence-electron chi connectivity index (χ4n) is 0.766. The summed E-state index contributed by atoms with van der Waals surface area (Å²) in [6.07, 6.45) is -0.291. The molecule has 0 aliphatic heterocycles. The molecule has 0 spiro atoms. The van der Waals surface area contributed by atoms with Gasteiger partial charge in [-0.2, -0.15) is 0 Å². The molecule has 0 saturated carbocycles. The molecule has 0 atom stereocenters. The molecule has 0 bridgehead atoms. The monoisotopic (exact) mass is 229 g/mol. The molecular weight excluding hydrogens is 214 g/mol. The molecule has 0 aromatic heterocycles. The van der Waals surface area contributed by atoms with Gasteiger partial charge in [-0.05, 0) is 6.92 Å². The van der Waals surface area contributed by atoms with E-state index in [1.165, 1.54) is 6.92 Å². The van der Waals surface area contributed by atoms with Crippen LogP contribution in [0, 0.1) is 0 Å². The lowest BCUT2D eigenvalue weighted by atomic mass is 10.3. The van der Waals surface area contributed by atoms with Crippen LogP contribution in [0.5, 0.6) is 0 Å². The number of carboxylic acid groups (broad SMARTS) is 1.